The first-order valence-electron chi connectivity index (χ1n) is 5.21. The van der Waals surface area contributed by atoms with Gasteiger partial charge >= 0.3 is 0 Å². The van der Waals surface area contributed by atoms with Crippen LogP contribution in [0.5, 0.6) is 0 Å². The van der Waals surface area contributed by atoms with Gasteiger partial charge in [-0.1, -0.05) is 27.9 Å². The lowest BCUT2D eigenvalue weighted by Gasteiger charge is -2.12. The highest BCUT2D eigenvalue weighted by atomic mass is 79.9. The molecule has 2 N–H and O–H groups in total. The van der Waals surface area contributed by atoms with Crippen LogP contribution in [-0.4, -0.2) is 24.4 Å². The van der Waals surface area contributed by atoms with Crippen LogP contribution < -0.4 is 5.73 Å². The maximum absolute atomic E-state index is 12.2. The number of nitrogens with two attached hydrogens (primary N) is 1. The Morgan fingerprint density at radius 3 is 3.00 bits per heavy atom. The lowest BCUT2D eigenvalue weighted by molar-refractivity contribution is 0.0818. The van der Waals surface area contributed by atoms with Crippen LogP contribution in [0.2, 0.25) is 0 Å². The average molecular weight is 323 g/mol. The molecule has 2 aromatic rings. The summed E-state index contributed by atoms with van der Waals surface area (Å²) in [5.74, 6) is 2.31. The Labute approximate surface area is 118 Å². The van der Waals surface area contributed by atoms with Crippen LogP contribution in [0.3, 0.4) is 0 Å². The van der Waals surface area contributed by atoms with E-state index in [1.165, 1.54) is 16.2 Å². The highest BCUT2D eigenvalue weighted by Crippen LogP contribution is 2.35. The minimum Gasteiger partial charge on any atom is -0.397 e. The highest BCUT2D eigenvalue weighted by molar-refractivity contribution is 9.10. The Morgan fingerprint density at radius 2 is 2.33 bits per heavy atom. The molecule has 0 radical (unpaired) electrons. The fourth-order valence-corrected chi connectivity index (χ4v) is 3.30. The molecule has 0 aliphatic heterocycles. The number of nitrogen functional groups attached to an aromatic ring is 1. The molecule has 5 heteroatoms. The van der Waals surface area contributed by atoms with E-state index in [1.807, 2.05) is 18.2 Å². The number of hydrogen-bond acceptors (Lipinski definition) is 3. The van der Waals surface area contributed by atoms with Crippen LogP contribution in [0, 0.1) is 12.3 Å². The number of carbonyl (C=O) groups is 1. The lowest BCUT2D eigenvalue weighted by Crippen LogP contribution is -2.26. The fourth-order valence-electron chi connectivity index (χ4n) is 1.63. The van der Waals surface area contributed by atoms with Crippen molar-refractivity contribution in [1.29, 1.82) is 0 Å². The number of fused-ring (bicyclic) bond motifs is 1. The number of thiophene rings is 1. The summed E-state index contributed by atoms with van der Waals surface area (Å²) < 4.78 is 1.95. The summed E-state index contributed by atoms with van der Waals surface area (Å²) in [6, 6.07) is 5.77. The molecule has 0 bridgehead atoms. The van der Waals surface area contributed by atoms with Gasteiger partial charge in [0.15, 0.2) is 0 Å². The maximum atomic E-state index is 12.2. The smallest absolute Gasteiger partial charge is 0.266 e. The number of halogens is 1. The minimum atomic E-state index is -0.136. The third-order valence-electron chi connectivity index (χ3n) is 2.56. The quantitative estimate of drug-likeness (QED) is 0.864. The van der Waals surface area contributed by atoms with E-state index >= 15 is 0 Å². The Hall–Kier alpha value is -1.51. The first kappa shape index (κ1) is 12.9. The molecule has 0 saturated heterocycles. The summed E-state index contributed by atoms with van der Waals surface area (Å²) in [4.78, 5) is 14.2. The predicted octanol–water partition coefficient (Wildman–Crippen LogP) is 2.95. The zero-order valence-electron chi connectivity index (χ0n) is 9.74. The Kier molecular flexibility index (Phi) is 3.60. The second kappa shape index (κ2) is 5.01. The van der Waals surface area contributed by atoms with Gasteiger partial charge < -0.3 is 10.6 Å². The van der Waals surface area contributed by atoms with E-state index in [0.29, 0.717) is 10.6 Å². The molecule has 0 aliphatic carbocycles. The normalized spacial score (nSPS) is 10.3. The van der Waals surface area contributed by atoms with Gasteiger partial charge in [0, 0.05) is 21.6 Å². The molecule has 2 rings (SSSR count). The maximum Gasteiger partial charge on any atom is 0.266 e. The zero-order chi connectivity index (χ0) is 13.3. The molecule has 92 valence electrons. The van der Waals surface area contributed by atoms with Crippen LogP contribution in [0.15, 0.2) is 22.7 Å². The van der Waals surface area contributed by atoms with Crippen molar-refractivity contribution in [1.82, 2.24) is 4.90 Å². The van der Waals surface area contributed by atoms with Gasteiger partial charge in [0.1, 0.15) is 4.88 Å². The van der Waals surface area contributed by atoms with E-state index in [1.54, 1.807) is 7.05 Å². The molecule has 0 aliphatic rings. The summed E-state index contributed by atoms with van der Waals surface area (Å²) in [5.41, 5.74) is 6.54. The molecule has 0 atom stereocenters. The summed E-state index contributed by atoms with van der Waals surface area (Å²) >= 11 is 4.79. The first-order chi connectivity index (χ1) is 8.54. The van der Waals surface area contributed by atoms with E-state index in [9.17, 15) is 4.79 Å². The van der Waals surface area contributed by atoms with Crippen LogP contribution >= 0.6 is 27.3 Å². The first-order valence-corrected chi connectivity index (χ1v) is 6.82. The number of terminal acetylenes is 1. The van der Waals surface area contributed by atoms with Crippen molar-refractivity contribution in [3.05, 3.63) is 27.5 Å². The SMILES string of the molecule is C#CCN(C)C(=O)c1sc2cc(Br)ccc2c1N. The van der Waals surface area contributed by atoms with Gasteiger partial charge in [-0.25, -0.2) is 0 Å². The number of hydrogen-bond donors (Lipinski definition) is 1. The molecule has 1 aromatic carbocycles. The molecule has 3 nitrogen and oxygen atoms in total. The molecule has 18 heavy (non-hydrogen) atoms. The zero-order valence-corrected chi connectivity index (χ0v) is 12.1. The second-order valence-corrected chi connectivity index (χ2v) is 5.82. The summed E-state index contributed by atoms with van der Waals surface area (Å²) in [6.45, 7) is 0.274. The molecule has 0 unspecified atom stereocenters. The molecule has 0 spiro atoms. The number of nitrogens with zero attached hydrogens (tertiary/aromatic N) is 1. The van der Waals surface area contributed by atoms with Gasteiger partial charge in [-0.05, 0) is 12.1 Å². The Balaban J connectivity index is 2.49. The van der Waals surface area contributed by atoms with Gasteiger partial charge in [0.25, 0.3) is 5.91 Å². The monoisotopic (exact) mass is 322 g/mol. The topological polar surface area (TPSA) is 46.3 Å². The van der Waals surface area contributed by atoms with Gasteiger partial charge in [-0.2, -0.15) is 0 Å². The van der Waals surface area contributed by atoms with Crippen LogP contribution in [0.4, 0.5) is 5.69 Å². The standard InChI is InChI=1S/C13H11BrN2OS/c1-3-6-16(2)13(17)12-11(15)9-5-4-8(14)7-10(9)18-12/h1,4-5,7H,6,15H2,2H3. The average Bonchev–Trinajstić information content (AvgIpc) is 2.65. The van der Waals surface area contributed by atoms with Crippen molar-refractivity contribution >= 4 is 48.9 Å². The Morgan fingerprint density at radius 1 is 1.61 bits per heavy atom. The van der Waals surface area contributed by atoms with E-state index < -0.39 is 0 Å². The van der Waals surface area contributed by atoms with Gasteiger partial charge in [-0.3, -0.25) is 4.79 Å². The van der Waals surface area contributed by atoms with Crippen LogP contribution in [0.25, 0.3) is 10.1 Å². The number of benzene rings is 1. The van der Waals surface area contributed by atoms with Crippen molar-refractivity contribution in [3.8, 4) is 12.3 Å². The number of carbonyl (C=O) groups excluding carboxylic acids is 1. The van der Waals surface area contributed by atoms with E-state index in [0.717, 1.165) is 14.6 Å². The van der Waals surface area contributed by atoms with Crippen molar-refractivity contribution in [3.63, 3.8) is 0 Å². The lowest BCUT2D eigenvalue weighted by atomic mass is 10.2. The van der Waals surface area contributed by atoms with Crippen molar-refractivity contribution in [2.45, 2.75) is 0 Å². The minimum absolute atomic E-state index is 0.136. The fraction of sp³-hybridized carbons (Fsp3) is 0.154. The number of amides is 1. The van der Waals surface area contributed by atoms with Gasteiger partial charge in [0.05, 0.1) is 12.2 Å². The predicted molar refractivity (Wildman–Crippen MR) is 79.7 cm³/mol. The summed E-state index contributed by atoms with van der Waals surface area (Å²) in [7, 11) is 1.67. The molecular formula is C13H11BrN2OS. The molecule has 1 heterocycles. The summed E-state index contributed by atoms with van der Waals surface area (Å²) in [5, 5.41) is 0.903. The van der Waals surface area contributed by atoms with Crippen LogP contribution in [0.1, 0.15) is 9.67 Å². The molecular weight excluding hydrogens is 312 g/mol. The second-order valence-electron chi connectivity index (χ2n) is 3.85. The highest BCUT2D eigenvalue weighted by Gasteiger charge is 2.19. The van der Waals surface area contributed by atoms with Gasteiger partial charge in [0.2, 0.25) is 0 Å². The molecule has 1 amide bonds. The number of anilines is 1. The number of rotatable bonds is 2. The molecule has 0 fully saturated rings. The largest absolute Gasteiger partial charge is 0.397 e. The van der Waals surface area contributed by atoms with E-state index in [-0.39, 0.29) is 12.5 Å². The van der Waals surface area contributed by atoms with E-state index in [2.05, 4.69) is 21.9 Å². The Bertz CT molecular complexity index is 657. The third kappa shape index (κ3) is 2.22. The van der Waals surface area contributed by atoms with E-state index in [4.69, 9.17) is 12.2 Å². The van der Waals surface area contributed by atoms with Gasteiger partial charge in [-0.15, -0.1) is 17.8 Å². The van der Waals surface area contributed by atoms with Crippen molar-refractivity contribution in [2.24, 2.45) is 0 Å². The van der Waals surface area contributed by atoms with Crippen molar-refractivity contribution in [2.75, 3.05) is 19.3 Å². The summed E-state index contributed by atoms with van der Waals surface area (Å²) in [6.07, 6.45) is 5.20. The third-order valence-corrected chi connectivity index (χ3v) is 4.21. The molecule has 0 saturated carbocycles. The molecule has 1 aromatic heterocycles. The van der Waals surface area contributed by atoms with Crippen molar-refractivity contribution < 1.29 is 4.79 Å². The van der Waals surface area contributed by atoms with Crippen LogP contribution in [-0.2, 0) is 0 Å².